The second-order valence-corrected chi connectivity index (χ2v) is 7.30. The molecule has 0 saturated carbocycles. The zero-order valence-electron chi connectivity index (χ0n) is 14.7. The van der Waals surface area contributed by atoms with Gasteiger partial charge < -0.3 is 9.47 Å². The summed E-state index contributed by atoms with van der Waals surface area (Å²) in [5, 5.41) is 0. The molecule has 128 valence electrons. The largest absolute Gasteiger partial charge is 0.493 e. The minimum atomic E-state index is 0.625. The van der Waals surface area contributed by atoms with Crippen molar-refractivity contribution in [2.45, 2.75) is 27.2 Å². The Balaban J connectivity index is 2.10. The molecule has 0 aliphatic heterocycles. The minimum Gasteiger partial charge on any atom is -0.493 e. The fourth-order valence-electron chi connectivity index (χ4n) is 2.15. The number of rotatable bonds is 7. The third kappa shape index (κ3) is 5.51. The molecular formula is C20H24INO2. The van der Waals surface area contributed by atoms with Crippen LogP contribution in [0.5, 0.6) is 11.5 Å². The minimum absolute atomic E-state index is 0.625. The molecule has 0 amide bonds. The summed E-state index contributed by atoms with van der Waals surface area (Å²) in [6.07, 6.45) is 2.88. The molecule has 0 atom stereocenters. The van der Waals surface area contributed by atoms with E-state index in [4.69, 9.17) is 9.47 Å². The number of hydrogen-bond donors (Lipinski definition) is 0. The number of nitrogens with zero attached hydrogens (tertiary/aromatic N) is 1. The highest BCUT2D eigenvalue weighted by atomic mass is 127. The van der Waals surface area contributed by atoms with Gasteiger partial charge in [0, 0.05) is 9.78 Å². The van der Waals surface area contributed by atoms with E-state index in [0.29, 0.717) is 12.5 Å². The van der Waals surface area contributed by atoms with Crippen LogP contribution >= 0.6 is 22.6 Å². The molecule has 0 aliphatic rings. The number of hydrogen-bond acceptors (Lipinski definition) is 3. The van der Waals surface area contributed by atoms with Crippen LogP contribution in [0.15, 0.2) is 41.4 Å². The average molecular weight is 437 g/mol. The van der Waals surface area contributed by atoms with Crippen LogP contribution < -0.4 is 9.47 Å². The van der Waals surface area contributed by atoms with E-state index in [-0.39, 0.29) is 0 Å². The third-order valence-corrected chi connectivity index (χ3v) is 4.86. The molecule has 0 spiro atoms. The summed E-state index contributed by atoms with van der Waals surface area (Å²) >= 11 is 2.33. The second-order valence-electron chi connectivity index (χ2n) is 6.13. The highest BCUT2D eigenvalue weighted by molar-refractivity contribution is 14.1. The molecule has 0 aromatic heterocycles. The maximum Gasteiger partial charge on any atom is 0.161 e. The van der Waals surface area contributed by atoms with Crippen molar-refractivity contribution < 1.29 is 9.47 Å². The summed E-state index contributed by atoms with van der Waals surface area (Å²) in [5.74, 6) is 2.14. The fourth-order valence-corrected chi connectivity index (χ4v) is 2.48. The summed E-state index contributed by atoms with van der Waals surface area (Å²) in [5.41, 5.74) is 3.17. The molecule has 0 saturated heterocycles. The summed E-state index contributed by atoms with van der Waals surface area (Å²) < 4.78 is 12.5. The molecule has 2 aromatic carbocycles. The maximum absolute atomic E-state index is 5.82. The highest BCUT2D eigenvalue weighted by Gasteiger charge is 2.06. The van der Waals surface area contributed by atoms with Crippen molar-refractivity contribution in [2.75, 3.05) is 13.7 Å². The zero-order valence-corrected chi connectivity index (χ0v) is 16.8. The van der Waals surface area contributed by atoms with E-state index >= 15 is 0 Å². The van der Waals surface area contributed by atoms with E-state index < -0.39 is 0 Å². The van der Waals surface area contributed by atoms with Gasteiger partial charge in [0.2, 0.25) is 0 Å². The smallest absolute Gasteiger partial charge is 0.161 e. The molecule has 0 bridgehead atoms. The van der Waals surface area contributed by atoms with Gasteiger partial charge in [0.05, 0.1) is 19.4 Å². The van der Waals surface area contributed by atoms with Crippen molar-refractivity contribution >= 4 is 34.5 Å². The quantitative estimate of drug-likeness (QED) is 0.406. The topological polar surface area (TPSA) is 30.8 Å². The van der Waals surface area contributed by atoms with Crippen molar-refractivity contribution in [3.63, 3.8) is 0 Å². The molecule has 24 heavy (non-hydrogen) atoms. The summed E-state index contributed by atoms with van der Waals surface area (Å²) in [4.78, 5) is 4.54. The SMILES string of the molecule is COc1cc(C=Nc2ccc(I)c(C)c2)ccc1OCCC(C)C. The Bertz CT molecular complexity index is 711. The molecule has 0 heterocycles. The van der Waals surface area contributed by atoms with E-state index in [1.165, 1.54) is 9.13 Å². The van der Waals surface area contributed by atoms with Crippen LogP contribution in [-0.2, 0) is 0 Å². The lowest BCUT2D eigenvalue weighted by Gasteiger charge is -2.12. The number of aryl methyl sites for hydroxylation is 1. The molecule has 2 aromatic rings. The number of benzene rings is 2. The molecule has 2 rings (SSSR count). The van der Waals surface area contributed by atoms with Crippen molar-refractivity contribution in [2.24, 2.45) is 10.9 Å². The van der Waals surface area contributed by atoms with Crippen LogP contribution in [0, 0.1) is 16.4 Å². The van der Waals surface area contributed by atoms with Gasteiger partial charge in [0.25, 0.3) is 0 Å². The lowest BCUT2D eigenvalue weighted by Crippen LogP contribution is -2.02. The molecule has 3 nitrogen and oxygen atoms in total. The predicted octanol–water partition coefficient (Wildman–Crippen LogP) is 5.78. The van der Waals surface area contributed by atoms with Gasteiger partial charge in [0.1, 0.15) is 0 Å². The fraction of sp³-hybridized carbons (Fsp3) is 0.350. The molecule has 0 aliphatic carbocycles. The van der Waals surface area contributed by atoms with Crippen LogP contribution in [0.2, 0.25) is 0 Å². The number of ether oxygens (including phenoxy) is 2. The molecular weight excluding hydrogens is 413 g/mol. The molecule has 4 heteroatoms. The number of methoxy groups -OCH3 is 1. The molecule has 0 radical (unpaired) electrons. The van der Waals surface area contributed by atoms with Gasteiger partial charge in [-0.1, -0.05) is 13.8 Å². The van der Waals surface area contributed by atoms with Gasteiger partial charge in [0.15, 0.2) is 11.5 Å². The Morgan fingerprint density at radius 2 is 1.92 bits per heavy atom. The Morgan fingerprint density at radius 1 is 1.12 bits per heavy atom. The third-order valence-electron chi connectivity index (χ3n) is 3.64. The first-order valence-corrected chi connectivity index (χ1v) is 9.18. The highest BCUT2D eigenvalue weighted by Crippen LogP contribution is 2.28. The van der Waals surface area contributed by atoms with Crippen LogP contribution in [-0.4, -0.2) is 19.9 Å². The van der Waals surface area contributed by atoms with E-state index in [1.54, 1.807) is 7.11 Å². The first-order chi connectivity index (χ1) is 11.5. The number of aliphatic imine (C=N–C) groups is 1. The molecule has 0 N–H and O–H groups in total. The maximum atomic E-state index is 5.82. The van der Waals surface area contributed by atoms with Crippen LogP contribution in [0.1, 0.15) is 31.4 Å². The van der Waals surface area contributed by atoms with Gasteiger partial charge in [-0.2, -0.15) is 0 Å². The molecule has 0 unspecified atom stereocenters. The predicted molar refractivity (Wildman–Crippen MR) is 109 cm³/mol. The normalized spacial score (nSPS) is 11.2. The van der Waals surface area contributed by atoms with Gasteiger partial charge >= 0.3 is 0 Å². The van der Waals surface area contributed by atoms with Gasteiger partial charge in [-0.15, -0.1) is 0 Å². The molecule has 0 fully saturated rings. The van der Waals surface area contributed by atoms with E-state index in [9.17, 15) is 0 Å². The lowest BCUT2D eigenvalue weighted by atomic mass is 10.1. The number of halogens is 1. The standard InChI is InChI=1S/C20H24INO2/c1-14(2)9-10-24-19-8-5-16(12-20(19)23-4)13-22-17-6-7-18(21)15(3)11-17/h5-8,11-14H,9-10H2,1-4H3. The second kappa shape index (κ2) is 9.06. The first-order valence-electron chi connectivity index (χ1n) is 8.10. The summed E-state index contributed by atoms with van der Waals surface area (Å²) in [6.45, 7) is 7.16. The summed E-state index contributed by atoms with van der Waals surface area (Å²) in [7, 11) is 1.66. The van der Waals surface area contributed by atoms with E-state index in [0.717, 1.165) is 29.2 Å². The Hall–Kier alpha value is -1.56. The Labute approximate surface area is 158 Å². The van der Waals surface area contributed by atoms with Crippen molar-refractivity contribution in [3.05, 3.63) is 51.1 Å². The van der Waals surface area contributed by atoms with Crippen molar-refractivity contribution in [1.29, 1.82) is 0 Å². The average Bonchev–Trinajstić information content (AvgIpc) is 2.56. The van der Waals surface area contributed by atoms with Crippen LogP contribution in [0.4, 0.5) is 5.69 Å². The van der Waals surface area contributed by atoms with Crippen molar-refractivity contribution in [3.8, 4) is 11.5 Å². The lowest BCUT2D eigenvalue weighted by molar-refractivity contribution is 0.273. The monoisotopic (exact) mass is 437 g/mol. The van der Waals surface area contributed by atoms with Gasteiger partial charge in [-0.25, -0.2) is 0 Å². The van der Waals surface area contributed by atoms with Crippen molar-refractivity contribution in [1.82, 2.24) is 0 Å². The summed E-state index contributed by atoms with van der Waals surface area (Å²) in [6, 6.07) is 12.1. The Kier molecular flexibility index (Phi) is 7.09. The van der Waals surface area contributed by atoms with Crippen LogP contribution in [0.3, 0.4) is 0 Å². The van der Waals surface area contributed by atoms with Gasteiger partial charge in [-0.3, -0.25) is 4.99 Å². The van der Waals surface area contributed by atoms with E-state index in [2.05, 4.69) is 60.5 Å². The van der Waals surface area contributed by atoms with Gasteiger partial charge in [-0.05, 0) is 89.4 Å². The van der Waals surface area contributed by atoms with Crippen LogP contribution in [0.25, 0.3) is 0 Å². The Morgan fingerprint density at radius 3 is 2.58 bits per heavy atom. The first kappa shape index (κ1) is 18.8. The zero-order chi connectivity index (χ0) is 17.5. The van der Waals surface area contributed by atoms with E-state index in [1.807, 2.05) is 30.5 Å².